The molecule has 1 aliphatic carbocycles. The zero-order valence-electron chi connectivity index (χ0n) is 29.1. The van der Waals surface area contributed by atoms with Crippen molar-refractivity contribution in [2.24, 2.45) is 4.99 Å². The Morgan fingerprint density at radius 3 is 2.16 bits per heavy atom. The third kappa shape index (κ3) is 7.52. The first-order valence-electron chi connectivity index (χ1n) is 15.0. The van der Waals surface area contributed by atoms with E-state index in [9.17, 15) is 25.9 Å². The van der Waals surface area contributed by atoms with Gasteiger partial charge in [-0.2, -0.15) is 26.1 Å². The smallest absolute Gasteiger partial charge is 0.744 e. The van der Waals surface area contributed by atoms with Crippen LogP contribution >= 0.6 is 0 Å². The van der Waals surface area contributed by atoms with E-state index in [1.165, 1.54) is 12.1 Å². The summed E-state index contributed by atoms with van der Waals surface area (Å²) in [6, 6.07) is 23.8. The first-order valence-corrected chi connectivity index (χ1v) is 17.8. The van der Waals surface area contributed by atoms with Crippen LogP contribution in [0.5, 0.6) is 0 Å². The van der Waals surface area contributed by atoms with Gasteiger partial charge < -0.3 is 19.3 Å². The standard InChI is InChI=1S/C37H33N2O7S2.2Li/c1-20-15-21(2)35(22(3)16-20)38-26-11-13-28-31(18-26)46-32-19-27(39-36-23(4)17-24(5)37(25(36)6)48(43,44)45)12-14-29(32)34(28)30-9-7-8-10-33(30)47(40,41)42;;/h7-15,17-19,39H,1-6H3,(H,40,41,42)(H,43,44,45);;/q-1;2*+1/p-1. The topological polar surface area (TPSA) is 149 Å². The largest absolute Gasteiger partial charge is 1.00 e. The molecule has 0 spiro atoms. The van der Waals surface area contributed by atoms with Gasteiger partial charge >= 0.3 is 37.7 Å². The maximum atomic E-state index is 12.5. The van der Waals surface area contributed by atoms with Gasteiger partial charge in [0.15, 0.2) is 0 Å². The molecule has 0 bridgehead atoms. The Labute approximate surface area is 316 Å². The minimum absolute atomic E-state index is 0. The summed E-state index contributed by atoms with van der Waals surface area (Å²) in [5.74, 6) is 0.412. The van der Waals surface area contributed by atoms with Crippen molar-refractivity contribution in [1.82, 2.24) is 0 Å². The second-order valence-corrected chi connectivity index (χ2v) is 14.7. The molecule has 9 nitrogen and oxygen atoms in total. The Balaban J connectivity index is 0.00000281. The molecule has 6 rings (SSSR count). The van der Waals surface area contributed by atoms with Crippen LogP contribution in [0.1, 0.15) is 33.4 Å². The first-order chi connectivity index (χ1) is 22.5. The first kappa shape index (κ1) is 39.2. The van der Waals surface area contributed by atoms with Crippen LogP contribution in [-0.2, 0) is 20.2 Å². The van der Waals surface area contributed by atoms with E-state index in [2.05, 4.69) is 11.4 Å². The fourth-order valence-electron chi connectivity index (χ4n) is 6.48. The van der Waals surface area contributed by atoms with E-state index in [0.717, 1.165) is 27.9 Å². The summed E-state index contributed by atoms with van der Waals surface area (Å²) < 4.78 is 77.9. The van der Waals surface area contributed by atoms with Crippen molar-refractivity contribution in [3.8, 4) is 22.5 Å². The zero-order chi connectivity index (χ0) is 34.7. The van der Waals surface area contributed by atoms with E-state index >= 15 is 0 Å². The number of fused-ring (bicyclic) bond motifs is 2. The predicted molar refractivity (Wildman–Crippen MR) is 185 cm³/mol. The Morgan fingerprint density at radius 1 is 0.800 bits per heavy atom. The number of anilines is 2. The molecule has 1 aliphatic heterocycles. The van der Waals surface area contributed by atoms with Crippen molar-refractivity contribution < 1.29 is 68.1 Å². The molecular formula is C37H32Li2N2O7S2. The summed E-state index contributed by atoms with van der Waals surface area (Å²) in [6.45, 7) is 10.9. The summed E-state index contributed by atoms with van der Waals surface area (Å²) in [7, 11) is -9.33. The van der Waals surface area contributed by atoms with Crippen LogP contribution in [0.4, 0.5) is 17.1 Å². The molecule has 0 atom stereocenters. The molecule has 0 fully saturated rings. The Bertz CT molecular complexity index is 2540. The third-order valence-corrected chi connectivity index (χ3v) is 10.4. The van der Waals surface area contributed by atoms with Crippen LogP contribution in [0.2, 0.25) is 0 Å². The molecule has 13 heteroatoms. The predicted octanol–water partition coefficient (Wildman–Crippen LogP) is 1.99. The number of aryl methyl sites for hydroxylation is 5. The van der Waals surface area contributed by atoms with Gasteiger partial charge in [-0.15, -0.1) is 11.1 Å². The quantitative estimate of drug-likeness (QED) is 0.116. The van der Waals surface area contributed by atoms with Crippen LogP contribution in [0, 0.1) is 47.6 Å². The van der Waals surface area contributed by atoms with Crippen molar-refractivity contribution in [2.45, 2.75) is 51.3 Å². The molecule has 0 saturated heterocycles. The molecule has 2 aliphatic rings. The van der Waals surface area contributed by atoms with Gasteiger partial charge in [0.2, 0.25) is 0 Å². The van der Waals surface area contributed by atoms with E-state index in [1.807, 2.05) is 45.9 Å². The molecule has 0 saturated carbocycles. The molecule has 0 unspecified atom stereocenters. The van der Waals surface area contributed by atoms with Crippen LogP contribution in [-0.4, -0.2) is 25.9 Å². The molecular weight excluding hydrogens is 662 g/mol. The fourth-order valence-corrected chi connectivity index (χ4v) is 8.11. The van der Waals surface area contributed by atoms with Gasteiger partial charge in [-0.25, -0.2) is 8.42 Å². The number of nitrogens with one attached hydrogen (secondary N) is 1. The Morgan fingerprint density at radius 2 is 1.50 bits per heavy atom. The van der Waals surface area contributed by atoms with E-state index in [1.54, 1.807) is 56.3 Å². The average Bonchev–Trinajstić information content (AvgIpc) is 2.98. The summed E-state index contributed by atoms with van der Waals surface area (Å²) in [5, 5.41) is 4.42. The summed E-state index contributed by atoms with van der Waals surface area (Å²) in [4.78, 5) is 4.35. The van der Waals surface area contributed by atoms with E-state index in [0.29, 0.717) is 55.7 Å². The van der Waals surface area contributed by atoms with Gasteiger partial charge in [-0.1, -0.05) is 45.0 Å². The minimum Gasteiger partial charge on any atom is -0.744 e. The third-order valence-electron chi connectivity index (χ3n) is 8.35. The van der Waals surface area contributed by atoms with Crippen molar-refractivity contribution in [2.75, 3.05) is 5.32 Å². The Hall–Kier alpha value is -3.62. The zero-order valence-corrected chi connectivity index (χ0v) is 30.7. The molecule has 4 aromatic carbocycles. The molecule has 0 amide bonds. The van der Waals surface area contributed by atoms with Crippen LogP contribution in [0.15, 0.2) is 92.0 Å². The second-order valence-electron chi connectivity index (χ2n) is 12.0. The molecule has 1 heterocycles. The molecule has 2 N–H and O–H groups in total. The number of hydrogen-bond acceptors (Lipinski definition) is 8. The van der Waals surface area contributed by atoms with Crippen molar-refractivity contribution in [3.63, 3.8) is 0 Å². The van der Waals surface area contributed by atoms with Gasteiger partial charge in [0.1, 0.15) is 26.4 Å². The number of rotatable bonds is 6. The fraction of sp³-hybridized carbons (Fsp3) is 0.162. The normalized spacial score (nSPS) is 12.1. The van der Waals surface area contributed by atoms with Crippen molar-refractivity contribution in [1.29, 1.82) is 0 Å². The molecule has 4 aromatic rings. The van der Waals surface area contributed by atoms with Crippen LogP contribution in [0.25, 0.3) is 33.4 Å². The summed E-state index contributed by atoms with van der Waals surface area (Å²) >= 11 is 0. The van der Waals surface area contributed by atoms with E-state index in [4.69, 9.17) is 9.41 Å². The minimum atomic E-state index is -4.73. The maximum Gasteiger partial charge on any atom is 1.00 e. The van der Waals surface area contributed by atoms with E-state index in [-0.39, 0.29) is 53.1 Å². The van der Waals surface area contributed by atoms with Gasteiger partial charge in [0, 0.05) is 45.6 Å². The molecule has 0 aromatic heterocycles. The van der Waals surface area contributed by atoms with Gasteiger partial charge in [-0.05, 0) is 73.5 Å². The second kappa shape index (κ2) is 14.6. The van der Waals surface area contributed by atoms with Gasteiger partial charge in [0.25, 0.3) is 10.1 Å². The number of hydrogen-bond donors (Lipinski definition) is 2. The van der Waals surface area contributed by atoms with Gasteiger partial charge in [0.05, 0.1) is 10.3 Å². The summed E-state index contributed by atoms with van der Waals surface area (Å²) in [6.07, 6.45) is 0. The van der Waals surface area contributed by atoms with Crippen molar-refractivity contribution >= 4 is 48.3 Å². The SMILES string of the molecule is Cc1[c-]c(C)c(N=c2ccc3c(-c4ccccc4S(=O)(=O)O)c4ccc(Nc5c(C)cc(C)c(S(=O)(=O)[O-])c5C)cc4oc-3c2)c(C)c1.[Li+].[Li+]. The van der Waals surface area contributed by atoms with Crippen LogP contribution in [0.3, 0.4) is 0 Å². The molecule has 246 valence electrons. The monoisotopic (exact) mass is 694 g/mol. The molecule has 0 radical (unpaired) electrons. The average molecular weight is 695 g/mol. The molecule has 50 heavy (non-hydrogen) atoms. The van der Waals surface area contributed by atoms with Crippen molar-refractivity contribution in [3.05, 3.63) is 118 Å². The summed E-state index contributed by atoms with van der Waals surface area (Å²) in [5.41, 5.74) is 7.86. The Kier molecular flexibility index (Phi) is 11.4. The van der Waals surface area contributed by atoms with Crippen LogP contribution < -0.4 is 48.4 Å². The number of nitrogens with zero attached hydrogens (tertiary/aromatic N) is 1. The maximum absolute atomic E-state index is 12.5. The van der Waals surface area contributed by atoms with E-state index < -0.39 is 20.2 Å². The van der Waals surface area contributed by atoms with Gasteiger partial charge in [-0.3, -0.25) is 4.55 Å². The number of benzene rings is 5.